The predicted molar refractivity (Wildman–Crippen MR) is 113 cm³/mol. The number of allylic oxidation sites excluding steroid dienone is 4. The minimum atomic E-state index is -2.93. The highest BCUT2D eigenvalue weighted by molar-refractivity contribution is 6.32. The van der Waals surface area contributed by atoms with Crippen LogP contribution in [0.4, 0.5) is 8.78 Å². The van der Waals surface area contributed by atoms with Crippen LogP contribution in [0.2, 0.25) is 5.02 Å². The number of ketones is 1. The van der Waals surface area contributed by atoms with Crippen molar-refractivity contribution in [2.24, 2.45) is 0 Å². The summed E-state index contributed by atoms with van der Waals surface area (Å²) < 4.78 is 30.7. The van der Waals surface area contributed by atoms with Crippen LogP contribution in [0.1, 0.15) is 28.0 Å². The second kappa shape index (κ2) is 8.35. The molecule has 0 saturated heterocycles. The van der Waals surface area contributed by atoms with Gasteiger partial charge in [0.2, 0.25) is 0 Å². The maximum absolute atomic E-state index is 12.6. The van der Waals surface area contributed by atoms with Gasteiger partial charge in [-0.3, -0.25) is 4.79 Å². The number of carbonyl (C=O) groups is 2. The van der Waals surface area contributed by atoms with Crippen molar-refractivity contribution in [3.63, 3.8) is 0 Å². The third kappa shape index (κ3) is 4.09. The van der Waals surface area contributed by atoms with Gasteiger partial charge in [0.25, 0.3) is 0 Å². The summed E-state index contributed by atoms with van der Waals surface area (Å²) >= 11 is 6.18. The van der Waals surface area contributed by atoms with Crippen LogP contribution in [0.3, 0.4) is 0 Å². The number of alkyl halides is 2. The van der Waals surface area contributed by atoms with Crippen LogP contribution in [0, 0.1) is 0 Å². The molecule has 1 heterocycles. The molecule has 0 unspecified atom stereocenters. The molecule has 3 aromatic rings. The second-order valence-corrected chi connectivity index (χ2v) is 7.37. The number of hydrogen-bond donors (Lipinski definition) is 1. The Morgan fingerprint density at radius 1 is 1.19 bits per heavy atom. The molecule has 0 atom stereocenters. The van der Waals surface area contributed by atoms with Gasteiger partial charge in [0, 0.05) is 40.0 Å². The summed E-state index contributed by atoms with van der Waals surface area (Å²) in [5.41, 5.74) is 1.85. The minimum Gasteiger partial charge on any atom is -0.477 e. The molecular formula is C23H16ClF2NO4. The van der Waals surface area contributed by atoms with Crippen LogP contribution in [-0.4, -0.2) is 28.0 Å². The molecule has 1 aliphatic rings. The fourth-order valence-corrected chi connectivity index (χ4v) is 3.88. The number of fused-ring (bicyclic) bond motifs is 1. The zero-order valence-corrected chi connectivity index (χ0v) is 16.8. The monoisotopic (exact) mass is 443 g/mol. The zero-order chi connectivity index (χ0) is 22.1. The van der Waals surface area contributed by atoms with Gasteiger partial charge in [-0.15, -0.1) is 0 Å². The number of rotatable bonds is 6. The Labute approximate surface area is 180 Å². The summed E-state index contributed by atoms with van der Waals surface area (Å²) in [6, 6.07) is 10.9. The van der Waals surface area contributed by atoms with Crippen molar-refractivity contribution >= 4 is 39.8 Å². The van der Waals surface area contributed by atoms with Crippen molar-refractivity contribution in [2.45, 2.75) is 19.6 Å². The Morgan fingerprint density at radius 2 is 1.94 bits per heavy atom. The Morgan fingerprint density at radius 3 is 2.58 bits per heavy atom. The summed E-state index contributed by atoms with van der Waals surface area (Å²) in [4.78, 5) is 24.9. The third-order valence-electron chi connectivity index (χ3n) is 4.99. The summed E-state index contributed by atoms with van der Waals surface area (Å²) in [7, 11) is 0. The lowest BCUT2D eigenvalue weighted by molar-refractivity contribution is -0.113. The summed E-state index contributed by atoms with van der Waals surface area (Å²) in [6.45, 7) is -2.79. The van der Waals surface area contributed by atoms with Gasteiger partial charge in [0.15, 0.2) is 5.78 Å². The number of nitrogens with zero attached hydrogens (tertiary/aromatic N) is 1. The molecule has 1 aromatic heterocycles. The van der Waals surface area contributed by atoms with E-state index in [0.29, 0.717) is 32.6 Å². The molecule has 0 fully saturated rings. The maximum Gasteiger partial charge on any atom is 0.387 e. The molecule has 158 valence electrons. The normalized spacial score (nSPS) is 13.7. The van der Waals surface area contributed by atoms with Crippen molar-refractivity contribution in [3.05, 3.63) is 82.5 Å². The van der Waals surface area contributed by atoms with E-state index in [1.54, 1.807) is 53.1 Å². The zero-order valence-electron chi connectivity index (χ0n) is 16.0. The Balaban J connectivity index is 1.88. The number of Topliss-reactive ketones (excluding diaryl/α,β-unsaturated/α-hetero) is 1. The van der Waals surface area contributed by atoms with E-state index >= 15 is 0 Å². The van der Waals surface area contributed by atoms with Crippen molar-refractivity contribution in [3.8, 4) is 5.75 Å². The lowest BCUT2D eigenvalue weighted by Gasteiger charge is -2.12. The van der Waals surface area contributed by atoms with Gasteiger partial charge < -0.3 is 14.4 Å². The molecule has 2 aromatic carbocycles. The van der Waals surface area contributed by atoms with E-state index in [4.69, 9.17) is 11.6 Å². The first-order valence-corrected chi connectivity index (χ1v) is 9.72. The fourth-order valence-electron chi connectivity index (χ4n) is 3.71. The lowest BCUT2D eigenvalue weighted by atomic mass is 9.93. The molecule has 1 aliphatic carbocycles. The molecule has 0 bridgehead atoms. The SMILES string of the molecule is O=C1CC=CC=C1c1c(C(=O)O)n(Cc2ccc(OC(F)F)cc2)c2ccc(Cl)cc12. The molecule has 1 N–H and O–H groups in total. The average molecular weight is 444 g/mol. The molecule has 0 spiro atoms. The number of halogens is 3. The number of hydrogen-bond acceptors (Lipinski definition) is 3. The first kappa shape index (κ1) is 20.8. The maximum atomic E-state index is 12.6. The van der Waals surface area contributed by atoms with Gasteiger partial charge in [-0.1, -0.05) is 42.0 Å². The molecule has 0 radical (unpaired) electrons. The molecule has 0 amide bonds. The number of aromatic carboxylic acids is 1. The third-order valence-corrected chi connectivity index (χ3v) is 5.22. The van der Waals surface area contributed by atoms with E-state index in [9.17, 15) is 23.5 Å². The van der Waals surface area contributed by atoms with Crippen LogP contribution in [0.25, 0.3) is 16.5 Å². The lowest BCUT2D eigenvalue weighted by Crippen LogP contribution is -2.13. The minimum absolute atomic E-state index is 0.00629. The quantitative estimate of drug-likeness (QED) is 0.542. The van der Waals surface area contributed by atoms with Crippen LogP contribution >= 0.6 is 11.6 Å². The second-order valence-electron chi connectivity index (χ2n) is 6.93. The Bertz CT molecular complexity index is 1240. The highest BCUT2D eigenvalue weighted by atomic mass is 35.5. The summed E-state index contributed by atoms with van der Waals surface area (Å²) in [5.74, 6) is -1.37. The molecule has 0 saturated carbocycles. The number of carboxylic acids is 1. The van der Waals surface area contributed by atoms with E-state index < -0.39 is 12.6 Å². The molecular weight excluding hydrogens is 428 g/mol. The number of benzene rings is 2. The summed E-state index contributed by atoms with van der Waals surface area (Å²) in [5, 5.41) is 11.0. The van der Waals surface area contributed by atoms with Crippen LogP contribution in [0.5, 0.6) is 5.75 Å². The van der Waals surface area contributed by atoms with Crippen LogP contribution < -0.4 is 4.74 Å². The van der Waals surface area contributed by atoms with E-state index in [2.05, 4.69) is 4.74 Å². The van der Waals surface area contributed by atoms with E-state index in [1.807, 2.05) is 0 Å². The van der Waals surface area contributed by atoms with Gasteiger partial charge in [-0.2, -0.15) is 8.78 Å². The predicted octanol–water partition coefficient (Wildman–Crippen LogP) is 5.56. The topological polar surface area (TPSA) is 68.5 Å². The van der Waals surface area contributed by atoms with Crippen LogP contribution in [-0.2, 0) is 11.3 Å². The van der Waals surface area contributed by atoms with Crippen molar-refractivity contribution in [1.29, 1.82) is 0 Å². The summed E-state index contributed by atoms with van der Waals surface area (Å²) in [6.07, 6.45) is 5.22. The number of carboxylic acid groups (broad SMARTS) is 1. The molecule has 5 nitrogen and oxygen atoms in total. The number of aromatic nitrogens is 1. The smallest absolute Gasteiger partial charge is 0.387 e. The highest BCUT2D eigenvalue weighted by Gasteiger charge is 2.28. The van der Waals surface area contributed by atoms with E-state index in [0.717, 1.165) is 0 Å². The van der Waals surface area contributed by atoms with Gasteiger partial charge in [-0.05, 0) is 35.9 Å². The van der Waals surface area contributed by atoms with Crippen molar-refractivity contribution < 1.29 is 28.2 Å². The van der Waals surface area contributed by atoms with E-state index in [-0.39, 0.29) is 30.2 Å². The largest absolute Gasteiger partial charge is 0.477 e. The van der Waals surface area contributed by atoms with Crippen LogP contribution in [0.15, 0.2) is 60.7 Å². The van der Waals surface area contributed by atoms with Gasteiger partial charge in [-0.25, -0.2) is 4.79 Å². The first-order chi connectivity index (χ1) is 14.8. The molecule has 4 rings (SSSR count). The average Bonchev–Trinajstić information content (AvgIpc) is 3.03. The molecule has 8 heteroatoms. The number of ether oxygens (including phenoxy) is 1. The Kier molecular flexibility index (Phi) is 5.61. The van der Waals surface area contributed by atoms with Crippen molar-refractivity contribution in [1.82, 2.24) is 4.57 Å². The molecule has 31 heavy (non-hydrogen) atoms. The highest BCUT2D eigenvalue weighted by Crippen LogP contribution is 2.36. The number of carbonyl (C=O) groups excluding carboxylic acids is 1. The van der Waals surface area contributed by atoms with Gasteiger partial charge >= 0.3 is 12.6 Å². The first-order valence-electron chi connectivity index (χ1n) is 9.34. The standard InChI is InChI=1S/C23H16ClF2NO4/c24-14-7-10-18-17(11-14)20(16-3-1-2-4-19(16)28)21(22(29)30)27(18)12-13-5-8-15(9-6-13)31-23(25)26/h1-3,5-11,23H,4,12H2,(H,29,30). The van der Waals surface area contributed by atoms with E-state index in [1.165, 1.54) is 12.1 Å². The van der Waals surface area contributed by atoms with Gasteiger partial charge in [0.1, 0.15) is 11.4 Å². The molecule has 0 aliphatic heterocycles. The fraction of sp³-hybridized carbons (Fsp3) is 0.130. The van der Waals surface area contributed by atoms with Crippen molar-refractivity contribution in [2.75, 3.05) is 0 Å². The Hall–Kier alpha value is -3.45. The van der Waals surface area contributed by atoms with Gasteiger partial charge in [0.05, 0.1) is 0 Å².